The zero-order valence-electron chi connectivity index (χ0n) is 13.0. The average molecular weight is 304 g/mol. The highest BCUT2D eigenvalue weighted by molar-refractivity contribution is 5.87. The Kier molecular flexibility index (Phi) is 5.81. The molecule has 1 aromatic rings. The summed E-state index contributed by atoms with van der Waals surface area (Å²) in [4.78, 5) is 22.8. The number of benzene rings is 1. The van der Waals surface area contributed by atoms with E-state index in [9.17, 15) is 9.59 Å². The number of carbonyl (C=O) groups is 2. The van der Waals surface area contributed by atoms with E-state index in [1.807, 2.05) is 0 Å². The zero-order valence-corrected chi connectivity index (χ0v) is 13.0. The highest BCUT2D eigenvalue weighted by Crippen LogP contribution is 2.28. The Morgan fingerprint density at radius 2 is 1.86 bits per heavy atom. The topological polar surface area (TPSA) is 78.4 Å². The van der Waals surface area contributed by atoms with Gasteiger partial charge in [-0.15, -0.1) is 0 Å². The number of urea groups is 1. The maximum atomic E-state index is 12.0. The standard InChI is InChI=1S/C17H24N2O3/c1-2-15(13-5-3-4-6-13)19-17(22)18-11-12-7-9-14(10-8-12)16(20)21/h7-10,13,15H,2-6,11H2,1H3,(H,20,21)(H2,18,19,22). The third kappa shape index (κ3) is 4.48. The Balaban J connectivity index is 1.80. The molecule has 5 nitrogen and oxygen atoms in total. The molecule has 1 aromatic carbocycles. The molecule has 1 saturated carbocycles. The van der Waals surface area contributed by atoms with Crippen molar-refractivity contribution in [1.82, 2.24) is 10.6 Å². The van der Waals surface area contributed by atoms with Gasteiger partial charge in [0.2, 0.25) is 0 Å². The van der Waals surface area contributed by atoms with Crippen molar-refractivity contribution in [1.29, 1.82) is 0 Å². The van der Waals surface area contributed by atoms with E-state index in [1.54, 1.807) is 24.3 Å². The van der Waals surface area contributed by atoms with Crippen LogP contribution < -0.4 is 10.6 Å². The number of rotatable bonds is 6. The number of carboxylic acids is 1. The van der Waals surface area contributed by atoms with Crippen molar-refractivity contribution in [2.45, 2.75) is 51.6 Å². The van der Waals surface area contributed by atoms with Gasteiger partial charge in [0.25, 0.3) is 0 Å². The third-order valence-electron chi connectivity index (χ3n) is 4.38. The lowest BCUT2D eigenvalue weighted by Crippen LogP contribution is -2.44. The molecule has 0 radical (unpaired) electrons. The second-order valence-electron chi connectivity index (χ2n) is 5.89. The molecular formula is C17H24N2O3. The molecule has 0 heterocycles. The number of aromatic carboxylic acids is 1. The highest BCUT2D eigenvalue weighted by Gasteiger charge is 2.24. The van der Waals surface area contributed by atoms with Gasteiger partial charge in [0, 0.05) is 12.6 Å². The third-order valence-corrected chi connectivity index (χ3v) is 4.38. The molecule has 0 spiro atoms. The first-order valence-corrected chi connectivity index (χ1v) is 7.96. The fourth-order valence-corrected chi connectivity index (χ4v) is 3.08. The van der Waals surface area contributed by atoms with Crippen molar-refractivity contribution in [3.05, 3.63) is 35.4 Å². The Morgan fingerprint density at radius 1 is 1.23 bits per heavy atom. The molecule has 22 heavy (non-hydrogen) atoms. The fraction of sp³-hybridized carbons (Fsp3) is 0.529. The monoisotopic (exact) mass is 304 g/mol. The molecule has 120 valence electrons. The van der Waals surface area contributed by atoms with Crippen molar-refractivity contribution < 1.29 is 14.7 Å². The van der Waals surface area contributed by atoms with Crippen LogP contribution in [0.25, 0.3) is 0 Å². The lowest BCUT2D eigenvalue weighted by atomic mass is 9.96. The Morgan fingerprint density at radius 3 is 2.41 bits per heavy atom. The van der Waals surface area contributed by atoms with Gasteiger partial charge in [-0.25, -0.2) is 9.59 Å². The Hall–Kier alpha value is -2.04. The van der Waals surface area contributed by atoms with Gasteiger partial charge in [-0.1, -0.05) is 31.9 Å². The number of carbonyl (C=O) groups excluding carboxylic acids is 1. The summed E-state index contributed by atoms with van der Waals surface area (Å²) in [7, 11) is 0. The number of hydrogen-bond acceptors (Lipinski definition) is 2. The van der Waals surface area contributed by atoms with Crippen molar-refractivity contribution >= 4 is 12.0 Å². The van der Waals surface area contributed by atoms with Gasteiger partial charge in [0.1, 0.15) is 0 Å². The number of carboxylic acid groups (broad SMARTS) is 1. The van der Waals surface area contributed by atoms with E-state index in [2.05, 4.69) is 17.6 Å². The summed E-state index contributed by atoms with van der Waals surface area (Å²) >= 11 is 0. The second-order valence-corrected chi connectivity index (χ2v) is 5.89. The first-order chi connectivity index (χ1) is 10.6. The minimum absolute atomic E-state index is 0.152. The Bertz CT molecular complexity index is 507. The summed E-state index contributed by atoms with van der Waals surface area (Å²) in [6.45, 7) is 2.50. The van der Waals surface area contributed by atoms with E-state index in [1.165, 1.54) is 25.7 Å². The van der Waals surface area contributed by atoms with Crippen LogP contribution >= 0.6 is 0 Å². The first kappa shape index (κ1) is 16.3. The van der Waals surface area contributed by atoms with Crippen LogP contribution in [0.2, 0.25) is 0 Å². The largest absolute Gasteiger partial charge is 0.478 e. The quantitative estimate of drug-likeness (QED) is 0.755. The smallest absolute Gasteiger partial charge is 0.335 e. The van der Waals surface area contributed by atoms with Crippen LogP contribution in [0, 0.1) is 5.92 Å². The summed E-state index contributed by atoms with van der Waals surface area (Å²) in [5.74, 6) is -0.342. The summed E-state index contributed by atoms with van der Waals surface area (Å²) in [5.41, 5.74) is 1.13. The van der Waals surface area contributed by atoms with Gasteiger partial charge in [-0.2, -0.15) is 0 Å². The maximum absolute atomic E-state index is 12.0. The summed E-state index contributed by atoms with van der Waals surface area (Å²) < 4.78 is 0. The molecule has 2 rings (SSSR count). The molecule has 1 aliphatic carbocycles. The van der Waals surface area contributed by atoms with Crippen molar-refractivity contribution in [2.75, 3.05) is 0 Å². The predicted molar refractivity (Wildman–Crippen MR) is 84.8 cm³/mol. The normalized spacial score (nSPS) is 16.2. The summed E-state index contributed by atoms with van der Waals surface area (Å²) in [6, 6.07) is 6.63. The summed E-state index contributed by atoms with van der Waals surface area (Å²) in [6.07, 6.45) is 5.89. The number of nitrogens with one attached hydrogen (secondary N) is 2. The van der Waals surface area contributed by atoms with Crippen molar-refractivity contribution in [2.24, 2.45) is 5.92 Å². The first-order valence-electron chi connectivity index (χ1n) is 7.96. The minimum atomic E-state index is -0.945. The second kappa shape index (κ2) is 7.82. The van der Waals surface area contributed by atoms with Gasteiger partial charge in [0.05, 0.1) is 5.56 Å². The van der Waals surface area contributed by atoms with Crippen molar-refractivity contribution in [3.63, 3.8) is 0 Å². The van der Waals surface area contributed by atoms with Gasteiger partial charge in [-0.05, 0) is 42.9 Å². The van der Waals surface area contributed by atoms with E-state index in [0.717, 1.165) is 12.0 Å². The van der Waals surface area contributed by atoms with Crippen LogP contribution in [0.15, 0.2) is 24.3 Å². The van der Waals surface area contributed by atoms with Crippen LogP contribution in [0.5, 0.6) is 0 Å². The molecule has 0 aliphatic heterocycles. The van der Waals surface area contributed by atoms with Gasteiger partial charge < -0.3 is 15.7 Å². The molecular weight excluding hydrogens is 280 g/mol. The van der Waals surface area contributed by atoms with Crippen molar-refractivity contribution in [3.8, 4) is 0 Å². The average Bonchev–Trinajstić information content (AvgIpc) is 3.05. The Labute approximate surface area is 131 Å². The number of amides is 2. The van der Waals surface area contributed by atoms with E-state index in [0.29, 0.717) is 12.5 Å². The van der Waals surface area contributed by atoms with E-state index in [4.69, 9.17) is 5.11 Å². The molecule has 5 heteroatoms. The van der Waals surface area contributed by atoms with Crippen LogP contribution in [-0.2, 0) is 6.54 Å². The van der Waals surface area contributed by atoms with Gasteiger partial charge in [-0.3, -0.25) is 0 Å². The van der Waals surface area contributed by atoms with Crippen LogP contribution in [-0.4, -0.2) is 23.1 Å². The fourth-order valence-electron chi connectivity index (χ4n) is 3.08. The molecule has 1 unspecified atom stereocenters. The van der Waals surface area contributed by atoms with E-state index in [-0.39, 0.29) is 17.6 Å². The lowest BCUT2D eigenvalue weighted by Gasteiger charge is -2.23. The van der Waals surface area contributed by atoms with Crippen LogP contribution in [0.4, 0.5) is 4.79 Å². The van der Waals surface area contributed by atoms with Crippen LogP contribution in [0.1, 0.15) is 54.9 Å². The van der Waals surface area contributed by atoms with Gasteiger partial charge >= 0.3 is 12.0 Å². The minimum Gasteiger partial charge on any atom is -0.478 e. The lowest BCUT2D eigenvalue weighted by molar-refractivity contribution is 0.0697. The molecule has 0 aromatic heterocycles. The zero-order chi connectivity index (χ0) is 15.9. The van der Waals surface area contributed by atoms with E-state index >= 15 is 0 Å². The molecule has 1 fully saturated rings. The number of hydrogen-bond donors (Lipinski definition) is 3. The summed E-state index contributed by atoms with van der Waals surface area (Å²) in [5, 5.41) is 14.7. The maximum Gasteiger partial charge on any atom is 0.335 e. The predicted octanol–water partition coefficient (Wildman–Crippen LogP) is 3.15. The molecule has 2 amide bonds. The van der Waals surface area contributed by atoms with E-state index < -0.39 is 5.97 Å². The van der Waals surface area contributed by atoms with Gasteiger partial charge in [0.15, 0.2) is 0 Å². The SMILES string of the molecule is CCC(NC(=O)NCc1ccc(C(=O)O)cc1)C1CCCC1. The van der Waals surface area contributed by atoms with Crippen LogP contribution in [0.3, 0.4) is 0 Å². The molecule has 1 atom stereocenters. The molecule has 1 aliphatic rings. The molecule has 0 bridgehead atoms. The highest BCUT2D eigenvalue weighted by atomic mass is 16.4. The molecule has 0 saturated heterocycles. The molecule has 3 N–H and O–H groups in total.